The maximum atomic E-state index is 11.2. The standard InChI is InChI=1S/C24H45NO2/c1-2-3-4-5-6-7-8-9-10-11-12-13-14-15-16-17-20-23(24(26)27)21-18-19-22-25/h6-7,9-10,23H,2-5,8,11-22,25H2,1H3,(H,26,27)/b7-6-,10-9-. The highest BCUT2D eigenvalue weighted by molar-refractivity contribution is 5.69. The molecule has 0 saturated carbocycles. The third-order valence-corrected chi connectivity index (χ3v) is 5.11. The molecule has 0 aliphatic heterocycles. The lowest BCUT2D eigenvalue weighted by Gasteiger charge is -2.11. The van der Waals surface area contributed by atoms with E-state index in [-0.39, 0.29) is 5.92 Å². The second-order valence-corrected chi connectivity index (χ2v) is 7.69. The molecule has 0 heterocycles. The second kappa shape index (κ2) is 21.2. The molecule has 0 fully saturated rings. The number of hydrogen-bond donors (Lipinski definition) is 2. The maximum absolute atomic E-state index is 11.2. The zero-order valence-electron chi connectivity index (χ0n) is 17.8. The molecule has 0 aromatic heterocycles. The van der Waals surface area contributed by atoms with E-state index < -0.39 is 5.97 Å². The van der Waals surface area contributed by atoms with Crippen LogP contribution in [0.25, 0.3) is 0 Å². The van der Waals surface area contributed by atoms with Crippen molar-refractivity contribution in [1.29, 1.82) is 0 Å². The largest absolute Gasteiger partial charge is 0.481 e. The SMILES string of the molecule is CCCCC/C=C\C/C=C\CCCCCCCCC(CCCCN)C(=O)O. The molecule has 158 valence electrons. The van der Waals surface area contributed by atoms with Crippen LogP contribution in [0, 0.1) is 5.92 Å². The number of aliphatic carboxylic acids is 1. The topological polar surface area (TPSA) is 63.3 Å². The van der Waals surface area contributed by atoms with Crippen LogP contribution in [-0.4, -0.2) is 17.6 Å². The van der Waals surface area contributed by atoms with Gasteiger partial charge in [-0.2, -0.15) is 0 Å². The summed E-state index contributed by atoms with van der Waals surface area (Å²) >= 11 is 0. The predicted molar refractivity (Wildman–Crippen MR) is 118 cm³/mol. The molecule has 3 heteroatoms. The number of carbonyl (C=O) groups is 1. The Morgan fingerprint density at radius 2 is 1.30 bits per heavy atom. The van der Waals surface area contributed by atoms with E-state index in [0.717, 1.165) is 38.5 Å². The van der Waals surface area contributed by atoms with Crippen molar-refractivity contribution < 1.29 is 9.90 Å². The summed E-state index contributed by atoms with van der Waals surface area (Å²) in [6.07, 6.45) is 27.4. The first kappa shape index (κ1) is 25.9. The van der Waals surface area contributed by atoms with Crippen LogP contribution in [0.15, 0.2) is 24.3 Å². The van der Waals surface area contributed by atoms with Crippen LogP contribution in [0.1, 0.15) is 110 Å². The summed E-state index contributed by atoms with van der Waals surface area (Å²) in [7, 11) is 0. The number of nitrogens with two attached hydrogens (primary N) is 1. The molecule has 0 rings (SSSR count). The molecule has 0 radical (unpaired) electrons. The Bertz CT molecular complexity index is 377. The van der Waals surface area contributed by atoms with Crippen LogP contribution in [0.4, 0.5) is 0 Å². The third kappa shape index (κ3) is 19.5. The van der Waals surface area contributed by atoms with E-state index in [4.69, 9.17) is 5.73 Å². The van der Waals surface area contributed by atoms with Crippen LogP contribution in [0.5, 0.6) is 0 Å². The Labute approximate surface area is 168 Å². The number of rotatable bonds is 20. The first-order valence-electron chi connectivity index (χ1n) is 11.4. The van der Waals surface area contributed by atoms with Gasteiger partial charge >= 0.3 is 5.97 Å². The fourth-order valence-electron chi connectivity index (χ4n) is 3.31. The average Bonchev–Trinajstić information content (AvgIpc) is 2.66. The Balaban J connectivity index is 3.43. The third-order valence-electron chi connectivity index (χ3n) is 5.11. The van der Waals surface area contributed by atoms with Gasteiger partial charge in [-0.1, -0.05) is 82.6 Å². The van der Waals surface area contributed by atoms with Crippen molar-refractivity contribution in [3.63, 3.8) is 0 Å². The van der Waals surface area contributed by atoms with Gasteiger partial charge in [0, 0.05) is 0 Å². The summed E-state index contributed by atoms with van der Waals surface area (Å²) in [5.41, 5.74) is 5.48. The van der Waals surface area contributed by atoms with Gasteiger partial charge in [-0.05, 0) is 57.9 Å². The van der Waals surface area contributed by atoms with E-state index in [1.54, 1.807) is 0 Å². The zero-order valence-corrected chi connectivity index (χ0v) is 17.8. The minimum absolute atomic E-state index is 0.164. The van der Waals surface area contributed by atoms with E-state index >= 15 is 0 Å². The van der Waals surface area contributed by atoms with E-state index in [0.29, 0.717) is 6.54 Å². The van der Waals surface area contributed by atoms with Crippen LogP contribution in [0.2, 0.25) is 0 Å². The van der Waals surface area contributed by atoms with Crippen LogP contribution in [-0.2, 0) is 4.79 Å². The molecule has 0 aromatic rings. The van der Waals surface area contributed by atoms with Gasteiger partial charge in [-0.15, -0.1) is 0 Å². The molecule has 0 bridgehead atoms. The monoisotopic (exact) mass is 379 g/mol. The van der Waals surface area contributed by atoms with Crippen molar-refractivity contribution in [1.82, 2.24) is 0 Å². The minimum Gasteiger partial charge on any atom is -0.481 e. The molecule has 0 aromatic carbocycles. The highest BCUT2D eigenvalue weighted by Gasteiger charge is 2.15. The molecule has 0 spiro atoms. The molecule has 27 heavy (non-hydrogen) atoms. The lowest BCUT2D eigenvalue weighted by atomic mass is 9.95. The van der Waals surface area contributed by atoms with Crippen LogP contribution >= 0.6 is 0 Å². The quantitative estimate of drug-likeness (QED) is 0.176. The van der Waals surface area contributed by atoms with Gasteiger partial charge in [0.05, 0.1) is 5.92 Å². The van der Waals surface area contributed by atoms with Crippen molar-refractivity contribution in [3.8, 4) is 0 Å². The fraction of sp³-hybridized carbons (Fsp3) is 0.792. The van der Waals surface area contributed by atoms with Gasteiger partial charge in [0.25, 0.3) is 0 Å². The van der Waals surface area contributed by atoms with E-state index in [1.165, 1.54) is 64.2 Å². The predicted octanol–water partition coefficient (Wildman–Crippen LogP) is 7.02. The van der Waals surface area contributed by atoms with E-state index in [9.17, 15) is 9.90 Å². The molecular formula is C24H45NO2. The summed E-state index contributed by atoms with van der Waals surface area (Å²) in [6.45, 7) is 2.91. The van der Waals surface area contributed by atoms with E-state index in [2.05, 4.69) is 31.2 Å². The lowest BCUT2D eigenvalue weighted by Crippen LogP contribution is -2.14. The van der Waals surface area contributed by atoms with Crippen LogP contribution < -0.4 is 5.73 Å². The molecule has 3 nitrogen and oxygen atoms in total. The van der Waals surface area contributed by atoms with Gasteiger partial charge in [0.15, 0.2) is 0 Å². The van der Waals surface area contributed by atoms with Gasteiger partial charge in [-0.25, -0.2) is 0 Å². The molecule has 0 amide bonds. The molecule has 0 aliphatic rings. The lowest BCUT2D eigenvalue weighted by molar-refractivity contribution is -0.142. The summed E-state index contributed by atoms with van der Waals surface area (Å²) in [5.74, 6) is -0.794. The zero-order chi connectivity index (χ0) is 20.0. The van der Waals surface area contributed by atoms with Crippen molar-refractivity contribution >= 4 is 5.97 Å². The highest BCUT2D eigenvalue weighted by atomic mass is 16.4. The highest BCUT2D eigenvalue weighted by Crippen LogP contribution is 2.18. The maximum Gasteiger partial charge on any atom is 0.306 e. The number of unbranched alkanes of at least 4 members (excludes halogenated alkanes) is 10. The molecule has 1 atom stereocenters. The Hall–Kier alpha value is -1.09. The van der Waals surface area contributed by atoms with Gasteiger partial charge in [-0.3, -0.25) is 4.79 Å². The average molecular weight is 380 g/mol. The van der Waals surface area contributed by atoms with Gasteiger partial charge in [0.2, 0.25) is 0 Å². The van der Waals surface area contributed by atoms with Gasteiger partial charge in [0.1, 0.15) is 0 Å². The number of hydrogen-bond acceptors (Lipinski definition) is 2. The summed E-state index contributed by atoms with van der Waals surface area (Å²) in [6, 6.07) is 0. The fourth-order valence-corrected chi connectivity index (χ4v) is 3.31. The normalized spacial score (nSPS) is 13.0. The van der Waals surface area contributed by atoms with Crippen molar-refractivity contribution in [2.45, 2.75) is 110 Å². The number of carboxylic acid groups (broad SMARTS) is 1. The molecule has 0 aliphatic carbocycles. The van der Waals surface area contributed by atoms with Crippen molar-refractivity contribution in [2.75, 3.05) is 6.54 Å². The summed E-state index contributed by atoms with van der Waals surface area (Å²) in [5, 5.41) is 9.26. The molecule has 3 N–H and O–H groups in total. The number of carboxylic acids is 1. The van der Waals surface area contributed by atoms with Gasteiger partial charge < -0.3 is 10.8 Å². The first-order chi connectivity index (χ1) is 13.2. The minimum atomic E-state index is -0.630. The second-order valence-electron chi connectivity index (χ2n) is 7.69. The number of allylic oxidation sites excluding steroid dienone is 4. The Morgan fingerprint density at radius 3 is 1.85 bits per heavy atom. The summed E-state index contributed by atoms with van der Waals surface area (Å²) < 4.78 is 0. The smallest absolute Gasteiger partial charge is 0.306 e. The summed E-state index contributed by atoms with van der Waals surface area (Å²) in [4.78, 5) is 11.2. The molecular weight excluding hydrogens is 334 g/mol. The van der Waals surface area contributed by atoms with Crippen molar-refractivity contribution in [3.05, 3.63) is 24.3 Å². The van der Waals surface area contributed by atoms with Crippen LogP contribution in [0.3, 0.4) is 0 Å². The Morgan fingerprint density at radius 1 is 0.778 bits per heavy atom. The van der Waals surface area contributed by atoms with E-state index in [1.807, 2.05) is 0 Å². The first-order valence-corrected chi connectivity index (χ1v) is 11.4. The van der Waals surface area contributed by atoms with Crippen molar-refractivity contribution in [2.24, 2.45) is 11.7 Å². The molecule has 0 saturated heterocycles. The molecule has 1 unspecified atom stereocenters. The Kier molecular flexibility index (Phi) is 20.4.